The number of nitrogens with two attached hydrogens (primary N) is 1. The fraction of sp³-hybridized carbons (Fsp3) is 0.538. The zero-order chi connectivity index (χ0) is 15.0. The Labute approximate surface area is 120 Å². The van der Waals surface area contributed by atoms with Gasteiger partial charge in [-0.15, -0.1) is 0 Å². The summed E-state index contributed by atoms with van der Waals surface area (Å²) in [7, 11) is -3.35. The van der Waals surface area contributed by atoms with E-state index in [9.17, 15) is 8.42 Å². The van der Waals surface area contributed by atoms with Crippen LogP contribution in [0, 0.1) is 0 Å². The molecule has 0 saturated carbocycles. The summed E-state index contributed by atoms with van der Waals surface area (Å²) in [6, 6.07) is 6.80. The van der Waals surface area contributed by atoms with E-state index in [1.54, 1.807) is 24.3 Å². The highest BCUT2D eigenvalue weighted by atomic mass is 32.2. The first kappa shape index (κ1) is 16.7. The van der Waals surface area contributed by atoms with Gasteiger partial charge in [0.05, 0.1) is 11.9 Å². The summed E-state index contributed by atoms with van der Waals surface area (Å²) in [6.07, 6.45) is -0.146. The third-order valence-corrected chi connectivity index (χ3v) is 3.85. The topological polar surface area (TPSA) is 90.6 Å². The van der Waals surface area contributed by atoms with Gasteiger partial charge in [0.1, 0.15) is 12.4 Å². The SMILES string of the molecule is CCOC(C)CNS(=O)(=O)CCOc1ccc(N)cc1. The minimum absolute atomic E-state index is 0.0856. The summed E-state index contributed by atoms with van der Waals surface area (Å²) in [4.78, 5) is 0. The minimum Gasteiger partial charge on any atom is -0.492 e. The van der Waals surface area contributed by atoms with E-state index < -0.39 is 10.0 Å². The molecule has 0 aromatic heterocycles. The average molecular weight is 302 g/mol. The van der Waals surface area contributed by atoms with Gasteiger partial charge in [-0.3, -0.25) is 0 Å². The minimum atomic E-state index is -3.35. The number of sulfonamides is 1. The highest BCUT2D eigenvalue weighted by Crippen LogP contribution is 2.12. The Morgan fingerprint density at radius 1 is 1.30 bits per heavy atom. The molecule has 0 amide bonds. The smallest absolute Gasteiger partial charge is 0.215 e. The average Bonchev–Trinajstić information content (AvgIpc) is 2.39. The normalized spacial score (nSPS) is 13.1. The van der Waals surface area contributed by atoms with Crippen molar-refractivity contribution in [2.75, 3.05) is 31.2 Å². The molecule has 0 aliphatic carbocycles. The number of anilines is 1. The Morgan fingerprint density at radius 3 is 2.55 bits per heavy atom. The third kappa shape index (κ3) is 6.74. The van der Waals surface area contributed by atoms with E-state index >= 15 is 0 Å². The lowest BCUT2D eigenvalue weighted by Gasteiger charge is -2.13. The van der Waals surface area contributed by atoms with E-state index in [1.165, 1.54) is 0 Å². The quantitative estimate of drug-likeness (QED) is 0.664. The van der Waals surface area contributed by atoms with Crippen molar-refractivity contribution in [2.45, 2.75) is 20.0 Å². The zero-order valence-corrected chi connectivity index (χ0v) is 12.7. The van der Waals surface area contributed by atoms with Crippen molar-refractivity contribution in [3.05, 3.63) is 24.3 Å². The predicted octanol–water partition coefficient (Wildman–Crippen LogP) is 0.992. The van der Waals surface area contributed by atoms with Crippen molar-refractivity contribution >= 4 is 15.7 Å². The van der Waals surface area contributed by atoms with Gasteiger partial charge in [0.15, 0.2) is 0 Å². The third-order valence-electron chi connectivity index (χ3n) is 2.54. The molecular formula is C13H22N2O4S. The van der Waals surface area contributed by atoms with Crippen molar-refractivity contribution < 1.29 is 17.9 Å². The maximum Gasteiger partial charge on any atom is 0.215 e. The highest BCUT2D eigenvalue weighted by Gasteiger charge is 2.12. The molecule has 0 aliphatic heterocycles. The standard InChI is InChI=1S/C13H22N2O4S/c1-3-18-11(2)10-15-20(16,17)9-8-19-13-6-4-12(14)5-7-13/h4-7,11,15H,3,8-10,14H2,1-2H3. The predicted molar refractivity (Wildman–Crippen MR) is 79.2 cm³/mol. The molecule has 7 heteroatoms. The van der Waals surface area contributed by atoms with Gasteiger partial charge in [0, 0.05) is 18.8 Å². The van der Waals surface area contributed by atoms with E-state index in [-0.39, 0.29) is 25.0 Å². The van der Waals surface area contributed by atoms with Crippen LogP contribution in [0.5, 0.6) is 5.75 Å². The van der Waals surface area contributed by atoms with Gasteiger partial charge >= 0.3 is 0 Å². The van der Waals surface area contributed by atoms with E-state index in [0.29, 0.717) is 18.0 Å². The number of rotatable bonds is 9. The molecule has 1 aromatic rings. The van der Waals surface area contributed by atoms with Gasteiger partial charge < -0.3 is 15.2 Å². The second-order valence-corrected chi connectivity index (χ2v) is 6.28. The van der Waals surface area contributed by atoms with Crippen LogP contribution in [-0.4, -0.2) is 40.0 Å². The molecule has 0 saturated heterocycles. The second-order valence-electron chi connectivity index (χ2n) is 4.35. The molecule has 1 unspecified atom stereocenters. The largest absolute Gasteiger partial charge is 0.492 e. The monoisotopic (exact) mass is 302 g/mol. The Morgan fingerprint density at radius 2 is 1.95 bits per heavy atom. The van der Waals surface area contributed by atoms with Gasteiger partial charge in [-0.25, -0.2) is 13.1 Å². The highest BCUT2D eigenvalue weighted by molar-refractivity contribution is 7.89. The molecule has 0 heterocycles. The fourth-order valence-electron chi connectivity index (χ4n) is 1.49. The fourth-order valence-corrected chi connectivity index (χ4v) is 2.43. The van der Waals surface area contributed by atoms with Crippen LogP contribution in [0.2, 0.25) is 0 Å². The van der Waals surface area contributed by atoms with Crippen LogP contribution in [-0.2, 0) is 14.8 Å². The Kier molecular flexibility index (Phi) is 6.77. The molecule has 0 spiro atoms. The van der Waals surface area contributed by atoms with Crippen molar-refractivity contribution in [2.24, 2.45) is 0 Å². The first-order valence-electron chi connectivity index (χ1n) is 6.50. The van der Waals surface area contributed by atoms with Gasteiger partial charge in [0.25, 0.3) is 0 Å². The summed E-state index contributed by atoms with van der Waals surface area (Å²) in [5.41, 5.74) is 6.18. The van der Waals surface area contributed by atoms with Crippen LogP contribution in [0.25, 0.3) is 0 Å². The van der Waals surface area contributed by atoms with Crippen LogP contribution in [0.15, 0.2) is 24.3 Å². The second kappa shape index (κ2) is 8.08. The van der Waals surface area contributed by atoms with E-state index in [4.69, 9.17) is 15.2 Å². The summed E-state index contributed by atoms with van der Waals surface area (Å²) < 4.78 is 36.5. The maximum absolute atomic E-state index is 11.7. The number of hydrogen-bond donors (Lipinski definition) is 2. The molecule has 6 nitrogen and oxygen atoms in total. The lowest BCUT2D eigenvalue weighted by molar-refractivity contribution is 0.0799. The summed E-state index contributed by atoms with van der Waals surface area (Å²) in [5, 5.41) is 0. The zero-order valence-electron chi connectivity index (χ0n) is 11.8. The van der Waals surface area contributed by atoms with Crippen molar-refractivity contribution in [3.8, 4) is 5.75 Å². The molecule has 1 rings (SSSR count). The lowest BCUT2D eigenvalue weighted by Crippen LogP contribution is -2.35. The van der Waals surface area contributed by atoms with Gasteiger partial charge in [-0.05, 0) is 38.1 Å². The Balaban J connectivity index is 2.30. The molecule has 0 radical (unpaired) electrons. The first-order valence-corrected chi connectivity index (χ1v) is 8.15. The number of nitrogens with one attached hydrogen (secondary N) is 1. The van der Waals surface area contributed by atoms with Crippen LogP contribution in [0.1, 0.15) is 13.8 Å². The number of benzene rings is 1. The Hall–Kier alpha value is -1.31. The van der Waals surface area contributed by atoms with Crippen LogP contribution in [0.3, 0.4) is 0 Å². The van der Waals surface area contributed by atoms with Crippen molar-refractivity contribution in [1.29, 1.82) is 0 Å². The van der Waals surface area contributed by atoms with Gasteiger partial charge in [-0.2, -0.15) is 0 Å². The van der Waals surface area contributed by atoms with E-state index in [1.807, 2.05) is 13.8 Å². The van der Waals surface area contributed by atoms with Crippen LogP contribution >= 0.6 is 0 Å². The number of hydrogen-bond acceptors (Lipinski definition) is 5. The molecule has 20 heavy (non-hydrogen) atoms. The number of ether oxygens (including phenoxy) is 2. The lowest BCUT2D eigenvalue weighted by atomic mass is 10.3. The molecule has 1 atom stereocenters. The molecular weight excluding hydrogens is 280 g/mol. The molecule has 0 fully saturated rings. The molecule has 0 bridgehead atoms. The van der Waals surface area contributed by atoms with Crippen molar-refractivity contribution in [1.82, 2.24) is 4.72 Å². The molecule has 0 aliphatic rings. The molecule has 3 N–H and O–H groups in total. The van der Waals surface area contributed by atoms with Crippen molar-refractivity contribution in [3.63, 3.8) is 0 Å². The van der Waals surface area contributed by atoms with Gasteiger partial charge in [0.2, 0.25) is 10.0 Å². The summed E-state index contributed by atoms with van der Waals surface area (Å²) in [5.74, 6) is 0.494. The van der Waals surface area contributed by atoms with Crippen LogP contribution < -0.4 is 15.2 Å². The van der Waals surface area contributed by atoms with E-state index in [0.717, 1.165) is 0 Å². The Bertz CT molecular complexity index is 488. The maximum atomic E-state index is 11.7. The molecule has 114 valence electrons. The summed E-state index contributed by atoms with van der Waals surface area (Å²) >= 11 is 0. The first-order chi connectivity index (χ1) is 9.43. The number of nitrogen functional groups attached to an aromatic ring is 1. The summed E-state index contributed by atoms with van der Waals surface area (Å²) in [6.45, 7) is 4.59. The van der Waals surface area contributed by atoms with E-state index in [2.05, 4.69) is 4.72 Å². The van der Waals surface area contributed by atoms with Crippen LogP contribution in [0.4, 0.5) is 5.69 Å². The van der Waals surface area contributed by atoms with Gasteiger partial charge in [-0.1, -0.05) is 0 Å². The molecule has 1 aromatic carbocycles.